The first-order valence-corrected chi connectivity index (χ1v) is 6.55. The fourth-order valence-electron chi connectivity index (χ4n) is 1.93. The van der Waals surface area contributed by atoms with Gasteiger partial charge in [-0.25, -0.2) is 4.79 Å². The highest BCUT2D eigenvalue weighted by atomic mass is 35.5. The van der Waals surface area contributed by atoms with Crippen LogP contribution in [-0.4, -0.2) is 17.9 Å². The third-order valence-electron chi connectivity index (χ3n) is 2.98. The predicted octanol–water partition coefficient (Wildman–Crippen LogP) is 4.01. The van der Waals surface area contributed by atoms with Crippen LogP contribution in [0.4, 0.5) is 4.79 Å². The van der Waals surface area contributed by atoms with Gasteiger partial charge < -0.3 is 19.3 Å². The first-order chi connectivity index (χ1) is 10.1. The van der Waals surface area contributed by atoms with Gasteiger partial charge in [-0.2, -0.15) is 0 Å². The topological polar surface area (TPSA) is 68.3 Å². The van der Waals surface area contributed by atoms with Crippen LogP contribution in [0.25, 0.3) is 0 Å². The molecule has 1 saturated heterocycles. The maximum atomic E-state index is 10.7. The highest BCUT2D eigenvalue weighted by Gasteiger charge is 2.51. The van der Waals surface area contributed by atoms with Crippen molar-refractivity contribution < 1.29 is 24.1 Å². The summed E-state index contributed by atoms with van der Waals surface area (Å²) in [5.74, 6) is -0.0225. The zero-order valence-electron chi connectivity index (χ0n) is 10.8. The second-order valence-electron chi connectivity index (χ2n) is 4.49. The lowest BCUT2D eigenvalue weighted by Gasteiger charge is -2.12. The fourth-order valence-corrected chi connectivity index (χ4v) is 2.05. The van der Waals surface area contributed by atoms with Crippen LogP contribution in [0.5, 0.6) is 11.5 Å². The molecule has 1 atom stereocenters. The maximum absolute atomic E-state index is 10.7. The molecule has 2 aromatic carbocycles. The smallest absolute Gasteiger partial charge is 0.457 e. The molecule has 0 unspecified atom stereocenters. The normalized spacial score (nSPS) is 19.9. The minimum absolute atomic E-state index is 0.198. The molecule has 2 aromatic rings. The molecule has 3 rings (SSSR count). The third-order valence-corrected chi connectivity index (χ3v) is 3.23. The van der Waals surface area contributed by atoms with Crippen LogP contribution in [0.2, 0.25) is 5.02 Å². The quantitative estimate of drug-likeness (QED) is 0.682. The van der Waals surface area contributed by atoms with Gasteiger partial charge in [0, 0.05) is 10.6 Å². The van der Waals surface area contributed by atoms with Crippen molar-refractivity contribution in [2.75, 3.05) is 6.61 Å². The molecule has 1 N–H and O–H groups in total. The van der Waals surface area contributed by atoms with Crippen molar-refractivity contribution in [3.63, 3.8) is 0 Å². The molecule has 0 amide bonds. The Morgan fingerprint density at radius 3 is 2.52 bits per heavy atom. The van der Waals surface area contributed by atoms with Gasteiger partial charge in [-0.15, -0.1) is 0 Å². The SMILES string of the molecule is O=C(O)O[C@]1(c2cccc(Oc3ccc(Cl)cc3)c2)CO1. The zero-order chi connectivity index (χ0) is 14.9. The summed E-state index contributed by atoms with van der Waals surface area (Å²) in [6, 6.07) is 13.8. The van der Waals surface area contributed by atoms with E-state index in [1.54, 1.807) is 48.5 Å². The molecular weight excluding hydrogens is 296 g/mol. The van der Waals surface area contributed by atoms with Gasteiger partial charge >= 0.3 is 6.16 Å². The molecule has 0 aliphatic carbocycles. The minimum Gasteiger partial charge on any atom is -0.457 e. The van der Waals surface area contributed by atoms with E-state index in [1.807, 2.05) is 0 Å². The third kappa shape index (κ3) is 3.09. The summed E-state index contributed by atoms with van der Waals surface area (Å²) in [6.07, 6.45) is -1.38. The standard InChI is InChI=1S/C15H11ClO5/c16-11-4-6-12(7-5-11)20-13-3-1-2-10(8-13)15(9-19-15)21-14(17)18/h1-8H,9H2,(H,17,18)/t15-/m0/s1. The van der Waals surface area contributed by atoms with Crippen molar-refractivity contribution in [3.05, 3.63) is 59.1 Å². The molecule has 0 radical (unpaired) electrons. The Balaban J connectivity index is 1.80. The number of rotatable bonds is 4. The van der Waals surface area contributed by atoms with E-state index in [4.69, 9.17) is 30.9 Å². The van der Waals surface area contributed by atoms with Crippen LogP contribution in [0.15, 0.2) is 48.5 Å². The Morgan fingerprint density at radius 1 is 1.19 bits per heavy atom. The van der Waals surface area contributed by atoms with E-state index < -0.39 is 11.9 Å². The van der Waals surface area contributed by atoms with Gasteiger partial charge in [0.1, 0.15) is 18.1 Å². The van der Waals surface area contributed by atoms with E-state index >= 15 is 0 Å². The monoisotopic (exact) mass is 306 g/mol. The number of halogens is 1. The second kappa shape index (κ2) is 5.27. The van der Waals surface area contributed by atoms with Crippen LogP contribution < -0.4 is 4.74 Å². The number of carbonyl (C=O) groups is 1. The Kier molecular flexibility index (Phi) is 3.45. The Hall–Kier alpha value is -2.24. The Bertz CT molecular complexity index is 664. The van der Waals surface area contributed by atoms with E-state index in [9.17, 15) is 4.79 Å². The molecule has 1 heterocycles. The van der Waals surface area contributed by atoms with Crippen LogP contribution >= 0.6 is 11.6 Å². The summed E-state index contributed by atoms with van der Waals surface area (Å²) >= 11 is 5.81. The molecule has 108 valence electrons. The van der Waals surface area contributed by atoms with Gasteiger partial charge in [0.25, 0.3) is 5.79 Å². The largest absolute Gasteiger partial charge is 0.508 e. The van der Waals surface area contributed by atoms with E-state index in [-0.39, 0.29) is 6.61 Å². The van der Waals surface area contributed by atoms with Crippen molar-refractivity contribution in [2.24, 2.45) is 0 Å². The molecule has 1 aliphatic heterocycles. The van der Waals surface area contributed by atoms with Crippen LogP contribution in [-0.2, 0) is 15.3 Å². The van der Waals surface area contributed by atoms with Gasteiger partial charge in [-0.3, -0.25) is 0 Å². The molecule has 5 nitrogen and oxygen atoms in total. The molecule has 0 aromatic heterocycles. The number of epoxide rings is 1. The second-order valence-corrected chi connectivity index (χ2v) is 4.93. The van der Waals surface area contributed by atoms with E-state index in [1.165, 1.54) is 0 Å². The first kappa shape index (κ1) is 13.7. The van der Waals surface area contributed by atoms with Crippen LogP contribution in [0.3, 0.4) is 0 Å². The first-order valence-electron chi connectivity index (χ1n) is 6.17. The highest BCUT2D eigenvalue weighted by Crippen LogP contribution is 2.41. The molecule has 1 aliphatic rings. The number of carboxylic acid groups (broad SMARTS) is 1. The van der Waals surface area contributed by atoms with Gasteiger partial charge in [0.15, 0.2) is 0 Å². The summed E-state index contributed by atoms with van der Waals surface area (Å²) in [6.45, 7) is 0.198. The Labute approximate surface area is 125 Å². The molecular formula is C15H11ClO5. The van der Waals surface area contributed by atoms with Crippen molar-refractivity contribution in [1.82, 2.24) is 0 Å². The van der Waals surface area contributed by atoms with Crippen molar-refractivity contribution in [3.8, 4) is 11.5 Å². The highest BCUT2D eigenvalue weighted by molar-refractivity contribution is 6.30. The summed E-state index contributed by atoms with van der Waals surface area (Å²) < 4.78 is 15.6. The average Bonchev–Trinajstić information content (AvgIpc) is 3.22. The molecule has 1 fully saturated rings. The van der Waals surface area contributed by atoms with E-state index in [0.717, 1.165) is 0 Å². The number of hydrogen-bond donors (Lipinski definition) is 1. The van der Waals surface area contributed by atoms with Gasteiger partial charge in [0.05, 0.1) is 0 Å². The summed E-state index contributed by atoms with van der Waals surface area (Å²) in [5, 5.41) is 9.36. The summed E-state index contributed by atoms with van der Waals surface area (Å²) in [7, 11) is 0. The van der Waals surface area contributed by atoms with E-state index in [2.05, 4.69) is 0 Å². The van der Waals surface area contributed by atoms with Gasteiger partial charge in [0.2, 0.25) is 0 Å². The zero-order valence-corrected chi connectivity index (χ0v) is 11.5. The number of benzene rings is 2. The molecule has 0 spiro atoms. The van der Waals surface area contributed by atoms with Crippen molar-refractivity contribution in [1.29, 1.82) is 0 Å². The van der Waals surface area contributed by atoms with Crippen molar-refractivity contribution in [2.45, 2.75) is 5.79 Å². The predicted molar refractivity (Wildman–Crippen MR) is 74.7 cm³/mol. The maximum Gasteiger partial charge on any atom is 0.508 e. The average molecular weight is 307 g/mol. The molecule has 0 saturated carbocycles. The molecule has 0 bridgehead atoms. The number of hydrogen-bond acceptors (Lipinski definition) is 4. The molecule has 6 heteroatoms. The van der Waals surface area contributed by atoms with Crippen LogP contribution in [0, 0.1) is 0 Å². The van der Waals surface area contributed by atoms with Gasteiger partial charge in [-0.05, 0) is 36.4 Å². The lowest BCUT2D eigenvalue weighted by molar-refractivity contribution is -0.0219. The minimum atomic E-state index is -1.38. The van der Waals surface area contributed by atoms with Crippen LogP contribution in [0.1, 0.15) is 5.56 Å². The molecule has 21 heavy (non-hydrogen) atoms. The summed E-state index contributed by atoms with van der Waals surface area (Å²) in [4.78, 5) is 10.7. The number of ether oxygens (including phenoxy) is 3. The van der Waals surface area contributed by atoms with Gasteiger partial charge in [-0.1, -0.05) is 23.7 Å². The lowest BCUT2D eigenvalue weighted by atomic mass is 10.1. The Morgan fingerprint density at radius 2 is 1.90 bits per heavy atom. The van der Waals surface area contributed by atoms with E-state index in [0.29, 0.717) is 22.1 Å². The van der Waals surface area contributed by atoms with Crippen molar-refractivity contribution >= 4 is 17.8 Å². The lowest BCUT2D eigenvalue weighted by Crippen LogP contribution is -2.17. The fraction of sp³-hybridized carbons (Fsp3) is 0.133. The summed E-state index contributed by atoms with van der Waals surface area (Å²) in [5.41, 5.74) is 0.594.